The first-order valence-corrected chi connectivity index (χ1v) is 19.3. The van der Waals surface area contributed by atoms with Gasteiger partial charge in [0.1, 0.15) is 17.2 Å². The van der Waals surface area contributed by atoms with Crippen LogP contribution in [-0.2, 0) is 35.1 Å². The van der Waals surface area contributed by atoms with Gasteiger partial charge in [-0.25, -0.2) is 9.59 Å². The molecule has 5 aromatic carbocycles. The molecule has 1 heterocycles. The monoisotopic (exact) mass is 818 g/mol. The van der Waals surface area contributed by atoms with Crippen LogP contribution in [0.25, 0.3) is 0 Å². The molecule has 6 rings (SSSR count). The molecule has 2 unspecified atom stereocenters. The molecule has 0 aliphatic carbocycles. The maximum atomic E-state index is 13.9. The number of alkyl halides is 1. The van der Waals surface area contributed by atoms with Crippen LogP contribution in [0.4, 0.5) is 0 Å². The Morgan fingerprint density at radius 3 is 1.65 bits per heavy atom. The molecule has 0 saturated carbocycles. The van der Waals surface area contributed by atoms with Gasteiger partial charge in [0.05, 0.1) is 17.3 Å². The van der Waals surface area contributed by atoms with Crippen LogP contribution in [0.5, 0.6) is 0 Å². The van der Waals surface area contributed by atoms with Gasteiger partial charge < -0.3 is 19.9 Å². The molecule has 2 atom stereocenters. The van der Waals surface area contributed by atoms with E-state index in [-0.39, 0.29) is 17.3 Å². The van der Waals surface area contributed by atoms with Gasteiger partial charge >= 0.3 is 11.9 Å². The first-order chi connectivity index (χ1) is 26.8. The predicted molar refractivity (Wildman–Crippen MR) is 211 cm³/mol. The van der Waals surface area contributed by atoms with E-state index in [1.165, 1.54) is 0 Å². The van der Waals surface area contributed by atoms with E-state index < -0.39 is 58.8 Å². The molecule has 2 N–H and O–H groups in total. The summed E-state index contributed by atoms with van der Waals surface area (Å²) in [6, 6.07) is 41.8. The van der Waals surface area contributed by atoms with Crippen molar-refractivity contribution in [2.24, 2.45) is 0 Å². The number of aliphatic hydroxyl groups excluding tert-OH is 1. The zero-order valence-electron chi connectivity index (χ0n) is 29.2. The number of benzene rings is 5. The van der Waals surface area contributed by atoms with Gasteiger partial charge in [-0.3, -0.25) is 19.3 Å². The second-order valence-electron chi connectivity index (χ2n) is 12.4. The molecular formula is C43H35BrN2O8S. The van der Waals surface area contributed by atoms with E-state index in [2.05, 4.69) is 21.2 Å². The van der Waals surface area contributed by atoms with Crippen molar-refractivity contribution in [2.45, 2.75) is 30.0 Å². The summed E-state index contributed by atoms with van der Waals surface area (Å²) in [6.45, 7) is 0. The molecule has 5 aromatic rings. The van der Waals surface area contributed by atoms with Crippen LogP contribution in [0.2, 0.25) is 0 Å². The normalized spacial score (nSPS) is 15.5. The number of thioether (sulfide) groups is 1. The highest BCUT2D eigenvalue weighted by molar-refractivity contribution is 9.09. The predicted octanol–water partition coefficient (Wildman–Crippen LogP) is 7.25. The molecule has 1 aliphatic heterocycles. The van der Waals surface area contributed by atoms with Gasteiger partial charge in [0, 0.05) is 0 Å². The van der Waals surface area contributed by atoms with E-state index in [1.54, 1.807) is 72.8 Å². The molecule has 0 aromatic heterocycles. The van der Waals surface area contributed by atoms with Crippen LogP contribution in [0.15, 0.2) is 157 Å². The fraction of sp³-hybridized carbons (Fsp3) is 0.140. The summed E-state index contributed by atoms with van der Waals surface area (Å²) in [5.74, 6) is -3.53. The van der Waals surface area contributed by atoms with Crippen molar-refractivity contribution in [2.75, 3.05) is 5.33 Å². The van der Waals surface area contributed by atoms with Crippen LogP contribution < -0.4 is 5.32 Å². The maximum absolute atomic E-state index is 13.9. The van der Waals surface area contributed by atoms with Gasteiger partial charge in [-0.1, -0.05) is 167 Å². The molecule has 1 fully saturated rings. The first kappa shape index (κ1) is 38.7. The average Bonchev–Trinajstić information content (AvgIpc) is 3.23. The van der Waals surface area contributed by atoms with Gasteiger partial charge in [-0.15, -0.1) is 0 Å². The number of carbonyl (C=O) groups is 5. The van der Waals surface area contributed by atoms with Crippen molar-refractivity contribution in [3.8, 4) is 0 Å². The molecule has 55 heavy (non-hydrogen) atoms. The Hall–Kier alpha value is -5.98. The summed E-state index contributed by atoms with van der Waals surface area (Å²) >= 11 is 3.80. The lowest BCUT2D eigenvalue weighted by Gasteiger charge is -2.46. The maximum Gasteiger partial charge on any atom is 0.359 e. The topological polar surface area (TPSA) is 139 Å². The van der Waals surface area contributed by atoms with E-state index in [0.29, 0.717) is 34.1 Å². The Balaban J connectivity index is 1.19. The molecule has 278 valence electrons. The van der Waals surface area contributed by atoms with Crippen LogP contribution in [0.1, 0.15) is 50.4 Å². The van der Waals surface area contributed by atoms with Crippen molar-refractivity contribution < 1.29 is 38.6 Å². The summed E-state index contributed by atoms with van der Waals surface area (Å²) in [7, 11) is 0. The number of esters is 2. The quantitative estimate of drug-likeness (QED) is 0.0279. The van der Waals surface area contributed by atoms with Gasteiger partial charge in [-0.05, 0) is 33.9 Å². The third kappa shape index (κ3) is 9.05. The number of rotatable bonds is 15. The smallest absolute Gasteiger partial charge is 0.359 e. The second kappa shape index (κ2) is 18.4. The summed E-state index contributed by atoms with van der Waals surface area (Å²) in [5.41, 5.74) is 3.36. The van der Waals surface area contributed by atoms with Gasteiger partial charge in [0.15, 0.2) is 23.5 Å². The number of nitrogens with one attached hydrogen (secondary N) is 1. The number of likely N-dealkylation sites (tertiary alicyclic amines) is 1. The lowest BCUT2D eigenvalue weighted by atomic mass is 10.00. The molecule has 10 nitrogen and oxygen atoms in total. The minimum Gasteiger partial charge on any atom is -0.509 e. The highest BCUT2D eigenvalue weighted by Gasteiger charge is 2.53. The SMILES string of the molecule is O=CSC1C(NC(=O)Cc2ccccc2C(=O)OC(c2ccccc2)c2ccccc2)C(=O)N1/C(C(=O)OC(c1ccccc1)c1ccccc1)=C(/O)CBr. The van der Waals surface area contributed by atoms with Crippen molar-refractivity contribution in [1.29, 1.82) is 0 Å². The van der Waals surface area contributed by atoms with Crippen LogP contribution in [-0.4, -0.2) is 56.1 Å². The van der Waals surface area contributed by atoms with Crippen molar-refractivity contribution in [3.63, 3.8) is 0 Å². The van der Waals surface area contributed by atoms with Crippen LogP contribution in [0, 0.1) is 0 Å². The van der Waals surface area contributed by atoms with Gasteiger partial charge in [-0.2, -0.15) is 0 Å². The summed E-state index contributed by atoms with van der Waals surface area (Å²) in [6.07, 6.45) is -1.90. The molecule has 1 aliphatic rings. The Bertz CT molecular complexity index is 2090. The van der Waals surface area contributed by atoms with Crippen molar-refractivity contribution >= 4 is 57.1 Å². The second-order valence-corrected chi connectivity index (χ2v) is 13.9. The number of β-lactam (4-membered cyclic amide) rings is 1. The summed E-state index contributed by atoms with van der Waals surface area (Å²) in [4.78, 5) is 67.6. The largest absolute Gasteiger partial charge is 0.509 e. The molecule has 2 amide bonds. The number of nitrogens with zero attached hydrogens (tertiary/aromatic N) is 1. The van der Waals surface area contributed by atoms with E-state index in [4.69, 9.17) is 9.47 Å². The highest BCUT2D eigenvalue weighted by Crippen LogP contribution is 2.36. The van der Waals surface area contributed by atoms with E-state index >= 15 is 0 Å². The standard InChI is InChI=1S/C43H35BrN2O8S/c44-26-34(48)37(43(52)54-39(30-19-9-3-10-20-30)31-21-11-4-12-22-31)46-40(50)36(41(46)55-27-47)45-35(49)25-32-23-13-14-24-33(32)42(51)53-38(28-15-5-1-6-16-28)29-17-7-2-8-18-29/h1-24,27,36,38-39,41,48H,25-26H2,(H,45,49)/b37-34+. The van der Waals surface area contributed by atoms with Crippen molar-refractivity contribution in [1.82, 2.24) is 10.2 Å². The fourth-order valence-corrected chi connectivity index (χ4v) is 7.27. The van der Waals surface area contributed by atoms with Gasteiger partial charge in [0.2, 0.25) is 5.91 Å². The highest BCUT2D eigenvalue weighted by atomic mass is 79.9. The number of hydrogen-bond acceptors (Lipinski definition) is 9. The molecule has 0 bridgehead atoms. The molecule has 0 radical (unpaired) electrons. The van der Waals surface area contributed by atoms with Crippen molar-refractivity contribution in [3.05, 3.63) is 190 Å². The van der Waals surface area contributed by atoms with E-state index in [1.807, 2.05) is 72.8 Å². The number of halogens is 1. The molecular weight excluding hydrogens is 784 g/mol. The van der Waals surface area contributed by atoms with Crippen LogP contribution in [0.3, 0.4) is 0 Å². The molecule has 12 heteroatoms. The lowest BCUT2D eigenvalue weighted by Crippen LogP contribution is -2.69. The Morgan fingerprint density at radius 1 is 0.727 bits per heavy atom. The molecule has 1 saturated heterocycles. The lowest BCUT2D eigenvalue weighted by molar-refractivity contribution is -0.154. The number of hydrogen-bond donors (Lipinski definition) is 2. The Labute approximate surface area is 330 Å². The number of amides is 2. The van der Waals surface area contributed by atoms with Gasteiger partial charge in [0.25, 0.3) is 5.91 Å². The zero-order chi connectivity index (χ0) is 38.7. The Kier molecular flexibility index (Phi) is 12.9. The number of ether oxygens (including phenoxy) is 2. The average molecular weight is 820 g/mol. The Morgan fingerprint density at radius 2 is 1.18 bits per heavy atom. The van der Waals surface area contributed by atoms with Crippen LogP contribution >= 0.6 is 27.7 Å². The third-order valence-electron chi connectivity index (χ3n) is 8.84. The zero-order valence-corrected chi connectivity index (χ0v) is 31.6. The third-order valence-corrected chi connectivity index (χ3v) is 10.2. The minimum atomic E-state index is -1.24. The van der Waals surface area contributed by atoms with E-state index in [0.717, 1.165) is 16.0 Å². The molecule has 0 spiro atoms. The summed E-state index contributed by atoms with van der Waals surface area (Å²) in [5, 5.41) is 12.3. The fourth-order valence-electron chi connectivity index (χ4n) is 6.22. The number of aliphatic hydroxyl groups is 1. The first-order valence-electron chi connectivity index (χ1n) is 17.2. The number of allylic oxidation sites excluding steroid dienone is 1. The number of carbonyl (C=O) groups excluding carboxylic acids is 5. The minimum absolute atomic E-state index is 0.163. The van der Waals surface area contributed by atoms with E-state index in [9.17, 15) is 29.1 Å². The summed E-state index contributed by atoms with van der Waals surface area (Å²) < 4.78 is 12.0.